The van der Waals surface area contributed by atoms with Crippen LogP contribution in [0.25, 0.3) is 0 Å². The third-order valence-electron chi connectivity index (χ3n) is 3.29. The van der Waals surface area contributed by atoms with Gasteiger partial charge >= 0.3 is 0 Å². The molecule has 0 aromatic heterocycles. The number of rotatable bonds is 5. The van der Waals surface area contributed by atoms with Crippen LogP contribution in [0.5, 0.6) is 5.75 Å². The summed E-state index contributed by atoms with van der Waals surface area (Å²) >= 11 is 5.93. The summed E-state index contributed by atoms with van der Waals surface area (Å²) in [7, 11) is 0. The van der Waals surface area contributed by atoms with Gasteiger partial charge < -0.3 is 9.47 Å². The van der Waals surface area contributed by atoms with Gasteiger partial charge in [0.15, 0.2) is 0 Å². The number of nitrogens with one attached hydrogen (secondary N) is 1. The summed E-state index contributed by atoms with van der Waals surface area (Å²) in [5.74, 6) is 6.78. The molecular formula is C13H19ClN2O2. The van der Waals surface area contributed by atoms with Crippen molar-refractivity contribution in [3.63, 3.8) is 0 Å². The molecule has 0 aliphatic carbocycles. The molecule has 0 spiro atoms. The lowest BCUT2D eigenvalue weighted by Crippen LogP contribution is -2.50. The number of hydrazine groups is 1. The monoisotopic (exact) mass is 270 g/mol. The van der Waals surface area contributed by atoms with Crippen LogP contribution in [0.2, 0.25) is 5.02 Å². The minimum absolute atomic E-state index is 0.0415. The van der Waals surface area contributed by atoms with Gasteiger partial charge in [0.25, 0.3) is 0 Å². The number of benzene rings is 1. The van der Waals surface area contributed by atoms with Crippen LogP contribution < -0.4 is 16.0 Å². The molecule has 0 radical (unpaired) electrons. The topological polar surface area (TPSA) is 56.5 Å². The molecule has 3 N–H and O–H groups in total. The molecule has 0 bridgehead atoms. The molecular weight excluding hydrogens is 252 g/mol. The highest BCUT2D eigenvalue weighted by molar-refractivity contribution is 6.30. The number of hydrogen-bond donors (Lipinski definition) is 2. The van der Waals surface area contributed by atoms with Gasteiger partial charge in [-0.1, -0.05) is 17.7 Å². The second-order valence-electron chi connectivity index (χ2n) is 4.60. The summed E-state index contributed by atoms with van der Waals surface area (Å²) in [5.41, 5.74) is 2.84. The lowest BCUT2D eigenvalue weighted by atomic mass is 9.95. The number of halogens is 1. The Morgan fingerprint density at radius 1 is 1.56 bits per heavy atom. The molecule has 2 rings (SSSR count). The maximum atomic E-state index is 5.93. The molecule has 1 fully saturated rings. The quantitative estimate of drug-likeness (QED) is 0.635. The van der Waals surface area contributed by atoms with Gasteiger partial charge in [0.05, 0.1) is 12.6 Å². The minimum Gasteiger partial charge on any atom is -0.489 e. The highest BCUT2D eigenvalue weighted by atomic mass is 35.5. The molecule has 0 amide bonds. The lowest BCUT2D eigenvalue weighted by Gasteiger charge is -2.28. The third kappa shape index (κ3) is 3.36. The second kappa shape index (κ2) is 6.38. The van der Waals surface area contributed by atoms with Gasteiger partial charge in [-0.3, -0.25) is 11.3 Å². The Bertz CT molecular complexity index is 383. The van der Waals surface area contributed by atoms with Crippen molar-refractivity contribution < 1.29 is 9.47 Å². The van der Waals surface area contributed by atoms with Crippen molar-refractivity contribution in [2.45, 2.75) is 25.5 Å². The Balaban J connectivity index is 1.98. The van der Waals surface area contributed by atoms with Crippen molar-refractivity contribution in [3.8, 4) is 5.75 Å². The van der Waals surface area contributed by atoms with Crippen molar-refractivity contribution in [1.82, 2.24) is 5.43 Å². The average Bonchev–Trinajstić information content (AvgIpc) is 2.83. The third-order valence-corrected chi connectivity index (χ3v) is 3.52. The molecule has 100 valence electrons. The molecule has 1 heterocycles. The van der Waals surface area contributed by atoms with E-state index >= 15 is 0 Å². The van der Waals surface area contributed by atoms with E-state index in [9.17, 15) is 0 Å². The highest BCUT2D eigenvalue weighted by Gasteiger charge is 2.30. The van der Waals surface area contributed by atoms with E-state index in [4.69, 9.17) is 26.9 Å². The molecule has 3 unspecified atom stereocenters. The predicted molar refractivity (Wildman–Crippen MR) is 71.6 cm³/mol. The first-order chi connectivity index (χ1) is 8.70. The van der Waals surface area contributed by atoms with Crippen LogP contribution >= 0.6 is 11.6 Å². The van der Waals surface area contributed by atoms with E-state index in [1.165, 1.54) is 0 Å². The molecule has 1 aliphatic heterocycles. The molecule has 18 heavy (non-hydrogen) atoms. The van der Waals surface area contributed by atoms with Crippen molar-refractivity contribution in [2.75, 3.05) is 13.2 Å². The van der Waals surface area contributed by atoms with Crippen molar-refractivity contribution in [1.29, 1.82) is 0 Å². The fourth-order valence-electron chi connectivity index (χ4n) is 2.32. The fraction of sp³-hybridized carbons (Fsp3) is 0.538. The van der Waals surface area contributed by atoms with E-state index in [1.807, 2.05) is 25.1 Å². The van der Waals surface area contributed by atoms with Crippen LogP contribution in [0.3, 0.4) is 0 Å². The second-order valence-corrected chi connectivity index (χ2v) is 5.03. The van der Waals surface area contributed by atoms with Crippen LogP contribution in [-0.2, 0) is 4.74 Å². The normalized spacial score (nSPS) is 22.7. The van der Waals surface area contributed by atoms with Crippen LogP contribution in [0.4, 0.5) is 0 Å². The van der Waals surface area contributed by atoms with E-state index in [0.29, 0.717) is 10.9 Å². The molecule has 0 saturated carbocycles. The summed E-state index contributed by atoms with van der Waals surface area (Å²) in [6.45, 7) is 3.54. The fourth-order valence-corrected chi connectivity index (χ4v) is 2.50. The largest absolute Gasteiger partial charge is 0.489 e. The highest BCUT2D eigenvalue weighted by Crippen LogP contribution is 2.23. The van der Waals surface area contributed by atoms with Crippen molar-refractivity contribution in [2.24, 2.45) is 11.8 Å². The van der Waals surface area contributed by atoms with Crippen LogP contribution in [0.1, 0.15) is 13.3 Å². The molecule has 4 nitrogen and oxygen atoms in total. The Morgan fingerprint density at radius 3 is 3.00 bits per heavy atom. The van der Waals surface area contributed by atoms with E-state index in [1.54, 1.807) is 6.07 Å². The minimum atomic E-state index is -0.0415. The maximum absolute atomic E-state index is 5.93. The molecule has 5 heteroatoms. The number of nitrogens with two attached hydrogens (primary N) is 1. The lowest BCUT2D eigenvalue weighted by molar-refractivity contribution is 0.118. The molecule has 1 aromatic carbocycles. The Hall–Kier alpha value is -0.810. The Morgan fingerprint density at radius 2 is 2.39 bits per heavy atom. The van der Waals surface area contributed by atoms with Gasteiger partial charge in [0.1, 0.15) is 11.9 Å². The van der Waals surface area contributed by atoms with Crippen LogP contribution in [0.15, 0.2) is 24.3 Å². The van der Waals surface area contributed by atoms with Gasteiger partial charge in [-0.2, -0.15) is 0 Å². The first-order valence-electron chi connectivity index (χ1n) is 6.17. The summed E-state index contributed by atoms with van der Waals surface area (Å²) in [6, 6.07) is 7.46. The predicted octanol–water partition coefficient (Wildman–Crippen LogP) is 1.98. The summed E-state index contributed by atoms with van der Waals surface area (Å²) in [4.78, 5) is 0. The van der Waals surface area contributed by atoms with Gasteiger partial charge in [0, 0.05) is 17.5 Å². The zero-order chi connectivity index (χ0) is 13.0. The SMILES string of the molecule is CC(Oc1cccc(Cl)c1)C(NN)C1CCOC1. The first kappa shape index (κ1) is 13.6. The first-order valence-corrected chi connectivity index (χ1v) is 6.54. The van der Waals surface area contributed by atoms with Crippen molar-refractivity contribution >= 4 is 11.6 Å². The summed E-state index contributed by atoms with van der Waals surface area (Å²) in [6.07, 6.45) is 0.971. The molecule has 1 aromatic rings. The van der Waals surface area contributed by atoms with Crippen LogP contribution in [0, 0.1) is 5.92 Å². The molecule has 1 aliphatic rings. The summed E-state index contributed by atoms with van der Waals surface area (Å²) in [5, 5.41) is 0.668. The Labute approximate surface area is 112 Å². The van der Waals surface area contributed by atoms with E-state index in [-0.39, 0.29) is 12.1 Å². The molecule has 1 saturated heterocycles. The van der Waals surface area contributed by atoms with E-state index < -0.39 is 0 Å². The number of ether oxygens (including phenoxy) is 2. The average molecular weight is 271 g/mol. The summed E-state index contributed by atoms with van der Waals surface area (Å²) < 4.78 is 11.3. The zero-order valence-electron chi connectivity index (χ0n) is 10.4. The van der Waals surface area contributed by atoms with E-state index in [0.717, 1.165) is 25.4 Å². The van der Waals surface area contributed by atoms with Gasteiger partial charge in [-0.25, -0.2) is 0 Å². The number of hydrogen-bond acceptors (Lipinski definition) is 4. The van der Waals surface area contributed by atoms with E-state index in [2.05, 4.69) is 5.43 Å². The standard InChI is InChI=1S/C13H19ClN2O2/c1-9(13(16-15)10-5-6-17-8-10)18-12-4-2-3-11(14)7-12/h2-4,7,9-10,13,16H,5-6,8,15H2,1H3. The Kier molecular flexibility index (Phi) is 4.83. The van der Waals surface area contributed by atoms with Gasteiger partial charge in [-0.15, -0.1) is 0 Å². The van der Waals surface area contributed by atoms with Gasteiger partial charge in [0.2, 0.25) is 0 Å². The smallest absolute Gasteiger partial charge is 0.121 e. The zero-order valence-corrected chi connectivity index (χ0v) is 11.2. The molecule has 3 atom stereocenters. The van der Waals surface area contributed by atoms with Crippen LogP contribution in [-0.4, -0.2) is 25.4 Å². The van der Waals surface area contributed by atoms with Gasteiger partial charge in [-0.05, 0) is 31.5 Å². The maximum Gasteiger partial charge on any atom is 0.121 e. The van der Waals surface area contributed by atoms with Crippen molar-refractivity contribution in [3.05, 3.63) is 29.3 Å².